The van der Waals surface area contributed by atoms with Crippen LogP contribution in [0.3, 0.4) is 0 Å². The van der Waals surface area contributed by atoms with Gasteiger partial charge in [-0.05, 0) is 19.1 Å². The molecule has 11 heteroatoms. The average Bonchev–Trinajstić information content (AvgIpc) is 2.59. The van der Waals surface area contributed by atoms with Crippen LogP contribution in [-0.2, 0) is 4.79 Å². The van der Waals surface area contributed by atoms with Gasteiger partial charge in [-0.15, -0.1) is 0 Å². The summed E-state index contributed by atoms with van der Waals surface area (Å²) >= 11 is 12.4. The summed E-state index contributed by atoms with van der Waals surface area (Å²) in [6, 6.07) is 3.01. The van der Waals surface area contributed by atoms with Gasteiger partial charge in [-0.25, -0.2) is 9.38 Å². The molecule has 1 atom stereocenters. The van der Waals surface area contributed by atoms with E-state index in [9.17, 15) is 14.3 Å². The van der Waals surface area contributed by atoms with Crippen molar-refractivity contribution < 1.29 is 24.1 Å². The van der Waals surface area contributed by atoms with Crippen molar-refractivity contribution in [2.24, 2.45) is 10.7 Å². The molecule has 1 fully saturated rings. The number of nitrogens with one attached hydrogen (secondary N) is 1. The Morgan fingerprint density at radius 1 is 1.50 bits per heavy atom. The molecule has 1 aromatic rings. The van der Waals surface area contributed by atoms with Crippen LogP contribution < -0.4 is 15.8 Å². The van der Waals surface area contributed by atoms with Crippen molar-refractivity contribution in [1.29, 1.82) is 0 Å². The summed E-state index contributed by atoms with van der Waals surface area (Å²) in [6.45, 7) is 2.14. The SMILES string of the molecule is CC(Oc1c(Cl)cc(NCCC(=O)O)cc1Cl)/C(F)=C(\N=CN)N1CC(O)C1. The van der Waals surface area contributed by atoms with Crippen LogP contribution in [0, 0.1) is 0 Å². The predicted molar refractivity (Wildman–Crippen MR) is 106 cm³/mol. The molecule has 0 aliphatic carbocycles. The second-order valence-corrected chi connectivity index (χ2v) is 6.92. The van der Waals surface area contributed by atoms with E-state index in [0.717, 1.165) is 6.34 Å². The van der Waals surface area contributed by atoms with Gasteiger partial charge in [0, 0.05) is 25.3 Å². The van der Waals surface area contributed by atoms with Crippen molar-refractivity contribution in [2.75, 3.05) is 25.0 Å². The molecule has 1 saturated heterocycles. The van der Waals surface area contributed by atoms with E-state index in [0.29, 0.717) is 5.69 Å². The van der Waals surface area contributed by atoms with Gasteiger partial charge in [0.25, 0.3) is 0 Å². The molecule has 8 nitrogen and oxygen atoms in total. The molecule has 1 aliphatic rings. The van der Waals surface area contributed by atoms with Crippen LogP contribution in [0.25, 0.3) is 0 Å². The first-order valence-corrected chi connectivity index (χ1v) is 9.16. The number of carboxylic acids is 1. The third kappa shape index (κ3) is 5.63. The molecular formula is C17H21Cl2FN4O4. The van der Waals surface area contributed by atoms with Crippen LogP contribution in [0.4, 0.5) is 10.1 Å². The van der Waals surface area contributed by atoms with E-state index >= 15 is 0 Å². The van der Waals surface area contributed by atoms with Crippen molar-refractivity contribution in [1.82, 2.24) is 4.90 Å². The van der Waals surface area contributed by atoms with Gasteiger partial charge in [-0.2, -0.15) is 0 Å². The number of hydrogen-bond acceptors (Lipinski definition) is 6. The lowest BCUT2D eigenvalue weighted by molar-refractivity contribution is -0.136. The van der Waals surface area contributed by atoms with Crippen molar-refractivity contribution in [3.8, 4) is 5.75 Å². The number of aliphatic carboxylic acids is 1. The van der Waals surface area contributed by atoms with E-state index in [-0.39, 0.29) is 47.7 Å². The Bertz CT molecular complexity index is 761. The molecule has 0 saturated carbocycles. The normalized spacial score (nSPS) is 16.5. The summed E-state index contributed by atoms with van der Waals surface area (Å²) in [5.41, 5.74) is 5.80. The summed E-state index contributed by atoms with van der Waals surface area (Å²) in [7, 11) is 0. The number of carboxylic acid groups (broad SMARTS) is 1. The Morgan fingerprint density at radius 3 is 2.61 bits per heavy atom. The van der Waals surface area contributed by atoms with Crippen LogP contribution in [-0.4, -0.2) is 59.3 Å². The second kappa shape index (κ2) is 9.81. The number of carbonyl (C=O) groups is 1. The molecule has 0 amide bonds. The van der Waals surface area contributed by atoms with Gasteiger partial charge in [-0.3, -0.25) is 4.79 Å². The number of aliphatic hydroxyl groups is 1. The Hall–Kier alpha value is -2.23. The Balaban J connectivity index is 2.14. The number of aliphatic hydroxyl groups excluding tert-OH is 1. The Labute approximate surface area is 171 Å². The van der Waals surface area contributed by atoms with E-state index < -0.39 is 24.0 Å². The van der Waals surface area contributed by atoms with E-state index in [2.05, 4.69) is 10.3 Å². The lowest BCUT2D eigenvalue weighted by atomic mass is 10.1. The van der Waals surface area contributed by atoms with E-state index in [1.165, 1.54) is 24.0 Å². The van der Waals surface area contributed by atoms with Crippen LogP contribution in [0.1, 0.15) is 13.3 Å². The summed E-state index contributed by atoms with van der Waals surface area (Å²) in [5, 5.41) is 21.2. The Kier molecular flexibility index (Phi) is 7.73. The van der Waals surface area contributed by atoms with Crippen molar-refractivity contribution >= 4 is 41.2 Å². The van der Waals surface area contributed by atoms with Crippen molar-refractivity contribution in [3.05, 3.63) is 33.8 Å². The summed E-state index contributed by atoms with van der Waals surface area (Å²) in [5.74, 6) is -1.58. The predicted octanol–water partition coefficient (Wildman–Crippen LogP) is 2.45. The highest BCUT2D eigenvalue weighted by atomic mass is 35.5. The molecule has 0 bridgehead atoms. The molecule has 2 rings (SSSR count). The number of aliphatic imine (C=N–C) groups is 1. The van der Waals surface area contributed by atoms with Crippen LogP contribution in [0.2, 0.25) is 10.0 Å². The quantitative estimate of drug-likeness (QED) is 0.347. The molecular weight excluding hydrogens is 414 g/mol. The van der Waals surface area contributed by atoms with Crippen LogP contribution >= 0.6 is 23.2 Å². The minimum absolute atomic E-state index is 0.0282. The molecule has 0 radical (unpaired) electrons. The third-order valence-electron chi connectivity index (χ3n) is 3.89. The highest BCUT2D eigenvalue weighted by Gasteiger charge is 2.30. The van der Waals surface area contributed by atoms with Crippen LogP contribution in [0.5, 0.6) is 5.75 Å². The van der Waals surface area contributed by atoms with E-state index in [1.807, 2.05) is 0 Å². The zero-order valence-electron chi connectivity index (χ0n) is 15.0. The van der Waals surface area contributed by atoms with Gasteiger partial charge in [0.15, 0.2) is 23.5 Å². The summed E-state index contributed by atoms with van der Waals surface area (Å²) in [4.78, 5) is 15.9. The smallest absolute Gasteiger partial charge is 0.305 e. The molecule has 28 heavy (non-hydrogen) atoms. The fourth-order valence-electron chi connectivity index (χ4n) is 2.49. The largest absolute Gasteiger partial charge is 0.481 e. The first-order chi connectivity index (χ1) is 13.2. The van der Waals surface area contributed by atoms with E-state index in [1.54, 1.807) is 0 Å². The molecule has 154 valence electrons. The topological polar surface area (TPSA) is 120 Å². The maximum atomic E-state index is 14.8. The number of hydrogen-bond donors (Lipinski definition) is 4. The second-order valence-electron chi connectivity index (χ2n) is 6.11. The highest BCUT2D eigenvalue weighted by molar-refractivity contribution is 6.37. The monoisotopic (exact) mass is 434 g/mol. The minimum Gasteiger partial charge on any atom is -0.481 e. The lowest BCUT2D eigenvalue weighted by Gasteiger charge is -2.38. The van der Waals surface area contributed by atoms with Crippen LogP contribution in [0.15, 0.2) is 28.8 Å². The number of benzene rings is 1. The molecule has 1 unspecified atom stereocenters. The van der Waals surface area contributed by atoms with Crippen molar-refractivity contribution in [3.63, 3.8) is 0 Å². The van der Waals surface area contributed by atoms with Gasteiger partial charge < -0.3 is 30.9 Å². The number of halogens is 3. The fraction of sp³-hybridized carbons (Fsp3) is 0.412. The zero-order chi connectivity index (χ0) is 20.8. The number of β-amino-alcohol motifs (C(OH)–C–C–N with tert-alkyl or cyclic N) is 1. The first kappa shape index (κ1) is 22.1. The number of rotatable bonds is 9. The molecule has 1 aliphatic heterocycles. The average molecular weight is 435 g/mol. The lowest BCUT2D eigenvalue weighted by Crippen LogP contribution is -2.50. The molecule has 1 heterocycles. The summed E-state index contributed by atoms with van der Waals surface area (Å²) in [6.07, 6.45) is -0.727. The van der Waals surface area contributed by atoms with Gasteiger partial charge in [0.05, 0.1) is 28.9 Å². The van der Waals surface area contributed by atoms with Gasteiger partial charge in [0.2, 0.25) is 0 Å². The molecule has 0 spiro atoms. The summed E-state index contributed by atoms with van der Waals surface area (Å²) < 4.78 is 20.4. The first-order valence-electron chi connectivity index (χ1n) is 8.41. The van der Waals surface area contributed by atoms with Gasteiger partial charge >= 0.3 is 5.97 Å². The molecule has 5 N–H and O–H groups in total. The minimum atomic E-state index is -1.07. The van der Waals surface area contributed by atoms with E-state index in [4.69, 9.17) is 38.8 Å². The number of ether oxygens (including phenoxy) is 1. The molecule has 1 aromatic carbocycles. The highest BCUT2D eigenvalue weighted by Crippen LogP contribution is 2.38. The number of anilines is 1. The number of nitrogens with two attached hydrogens (primary N) is 1. The standard InChI is InChI=1S/C17H21Cl2FN4O4/c1-9(15(20)17(23-8-21)24-6-11(25)7-24)28-16-12(18)4-10(5-13(16)19)22-3-2-14(26)27/h4-5,8-9,11,22,25H,2-3,6-7H2,1H3,(H2,21,23)(H,26,27)/b17-15-. The number of likely N-dealkylation sites (tertiary alicyclic amines) is 1. The zero-order valence-corrected chi connectivity index (χ0v) is 16.5. The third-order valence-corrected chi connectivity index (χ3v) is 4.45. The van der Waals surface area contributed by atoms with Gasteiger partial charge in [0.1, 0.15) is 0 Å². The Morgan fingerprint density at radius 2 is 2.11 bits per heavy atom. The van der Waals surface area contributed by atoms with Crippen molar-refractivity contribution in [2.45, 2.75) is 25.6 Å². The fourth-order valence-corrected chi connectivity index (χ4v) is 3.07. The maximum absolute atomic E-state index is 14.8. The number of nitrogens with zero attached hydrogens (tertiary/aromatic N) is 2. The molecule has 0 aromatic heterocycles. The van der Waals surface area contributed by atoms with Gasteiger partial charge in [-0.1, -0.05) is 23.2 Å². The maximum Gasteiger partial charge on any atom is 0.305 e.